The Balaban J connectivity index is 0.000000224. The highest BCUT2D eigenvalue weighted by Crippen LogP contribution is 2.32. The van der Waals surface area contributed by atoms with Crippen LogP contribution in [0.15, 0.2) is 284 Å². The molecule has 1 aliphatic rings. The van der Waals surface area contributed by atoms with Crippen LogP contribution in [0.4, 0.5) is 42.8 Å². The minimum atomic E-state index is -1.42. The molecule has 0 saturated heterocycles. The molecule has 4 amide bonds. The van der Waals surface area contributed by atoms with Gasteiger partial charge >= 0.3 is 24.2 Å². The molecule has 12 aromatic rings. The van der Waals surface area contributed by atoms with Crippen LogP contribution in [-0.4, -0.2) is 131 Å². The number of nitrogens with zero attached hydrogens (tertiary/aromatic N) is 7. The molecule has 118 heavy (non-hydrogen) atoms. The van der Waals surface area contributed by atoms with Gasteiger partial charge in [-0.25, -0.2) is 28.9 Å². The zero-order chi connectivity index (χ0) is 84.3. The van der Waals surface area contributed by atoms with Crippen LogP contribution in [0.1, 0.15) is 69.8 Å². The van der Waals surface area contributed by atoms with Crippen molar-refractivity contribution >= 4 is 81.1 Å². The number of carbonyl (C=O) groups is 6. The standard InChI is InChI=1S/C25H23N3O4.C16H14N4O4.C15H15NO2.C10H13NO3.C8H8N2O.C8H11NO.C7H5N.CH4/c1-28-21-14-13-19(31-2)15-20(21)22(18-11-7-4-8-12-18)26-23(24(28)29)27-25(30)32-16-17-9-5-3-6-10-17;21-15(22)14(20-13-9-5-4-8-12(13)18-19-20)17-16(23)24-10-11-6-2-1-3-7-11;1-16-14-9-8-12(18-2)10-13(14)15(17)11-6-4-3-5-7-11;1-3-14-10(12)11-8-4-6-9(13-2)7-5-8;1-11-7-2-3-8(10)6(4-7)5-9;1-9-7-3-5-8(10-2)6-4-7;8-6-7-4-2-1-3-5-7;/h3-15,23H,16H2,1-2H3,(H,27,30);1-9,14H,10H2,(H,17,23)(H,21,22);3-10,16H,1-2H3;4-7H,3H2,1-2H3,(H,11,12);2-4H,10H2,1H3;3-6,9H,1-2H3;1-5H;1H4. The fraction of sp³-hybridized carbons (Fsp3) is 0.167. The fourth-order valence-electron chi connectivity index (χ4n) is 10.4. The third kappa shape index (κ3) is 28.5. The molecule has 608 valence electrons. The summed E-state index contributed by atoms with van der Waals surface area (Å²) >= 11 is 0. The van der Waals surface area contributed by atoms with Gasteiger partial charge in [0.2, 0.25) is 12.3 Å². The number of nitrogens with one attached hydrogen (secondary N) is 5. The number of para-hydroxylation sites is 1. The summed E-state index contributed by atoms with van der Waals surface area (Å²) in [6.45, 7) is 2.25. The van der Waals surface area contributed by atoms with Gasteiger partial charge in [-0.2, -0.15) is 10.5 Å². The summed E-state index contributed by atoms with van der Waals surface area (Å²) in [6.07, 6.45) is -4.58. The number of ether oxygens (including phenoxy) is 8. The summed E-state index contributed by atoms with van der Waals surface area (Å²) in [5, 5.41) is 47.4. The van der Waals surface area contributed by atoms with Crippen LogP contribution in [0, 0.1) is 22.7 Å². The molecule has 28 nitrogen and oxygen atoms in total. The average Bonchev–Trinajstić information content (AvgIpc) is 1.63. The van der Waals surface area contributed by atoms with E-state index in [1.165, 1.54) is 4.90 Å². The molecule has 1 aliphatic heterocycles. The van der Waals surface area contributed by atoms with Gasteiger partial charge < -0.3 is 64.3 Å². The lowest BCUT2D eigenvalue weighted by atomic mass is 10.00. The lowest BCUT2D eigenvalue weighted by Crippen LogP contribution is -2.46. The van der Waals surface area contributed by atoms with Gasteiger partial charge in [-0.15, -0.1) is 5.10 Å². The van der Waals surface area contributed by atoms with Crippen molar-refractivity contribution in [2.24, 2.45) is 4.99 Å². The number of nitrogen functional groups attached to an aromatic ring is 1. The zero-order valence-electron chi connectivity index (χ0n) is 65.7. The lowest BCUT2D eigenvalue weighted by molar-refractivity contribution is -0.142. The highest BCUT2D eigenvalue weighted by atomic mass is 16.6. The number of methoxy groups -OCH3 is 5. The highest BCUT2D eigenvalue weighted by Gasteiger charge is 2.32. The van der Waals surface area contributed by atoms with E-state index in [1.807, 2.05) is 177 Å². The minimum Gasteiger partial charge on any atom is -0.497 e. The van der Waals surface area contributed by atoms with Gasteiger partial charge in [-0.3, -0.25) is 25.5 Å². The summed E-state index contributed by atoms with van der Waals surface area (Å²) in [5.74, 6) is 1.93. The molecule has 0 spiro atoms. The number of likely N-dealkylation sites (N-methyl/N-ethyl adjacent to an activating group) is 1. The van der Waals surface area contributed by atoms with E-state index in [0.29, 0.717) is 79.9 Å². The molecule has 11 aromatic carbocycles. The maximum Gasteiger partial charge on any atom is 0.411 e. The van der Waals surface area contributed by atoms with Crippen LogP contribution in [0.3, 0.4) is 0 Å². The maximum atomic E-state index is 13.2. The van der Waals surface area contributed by atoms with E-state index in [9.17, 15) is 33.9 Å². The van der Waals surface area contributed by atoms with Crippen molar-refractivity contribution in [1.29, 1.82) is 10.5 Å². The van der Waals surface area contributed by atoms with Crippen LogP contribution in [0.25, 0.3) is 11.0 Å². The van der Waals surface area contributed by atoms with Crippen molar-refractivity contribution in [2.75, 3.05) is 89.9 Å². The maximum absolute atomic E-state index is 13.2. The number of nitriles is 2. The number of benzene rings is 11. The summed E-state index contributed by atoms with van der Waals surface area (Å²) in [5.41, 5.74) is 16.4. The van der Waals surface area contributed by atoms with Crippen LogP contribution < -0.4 is 60.9 Å². The smallest absolute Gasteiger partial charge is 0.411 e. The third-order valence-corrected chi connectivity index (χ3v) is 16.5. The van der Waals surface area contributed by atoms with E-state index < -0.39 is 36.6 Å². The minimum absolute atomic E-state index is 0. The number of anilines is 5. The monoisotopic (exact) mass is 1600 g/mol. The number of amides is 4. The van der Waals surface area contributed by atoms with Gasteiger partial charge in [0.05, 0.1) is 76.3 Å². The first kappa shape index (κ1) is 91.2. The number of carbonyl (C=O) groups excluding carboxylic acids is 5. The van der Waals surface area contributed by atoms with E-state index in [2.05, 4.69) is 41.9 Å². The average molecular weight is 1600 g/mol. The summed E-state index contributed by atoms with van der Waals surface area (Å²) < 4.78 is 41.6. The Kier molecular flexibility index (Phi) is 37.8. The van der Waals surface area contributed by atoms with Gasteiger partial charge in [-0.05, 0) is 145 Å². The topological polar surface area (TPSA) is 377 Å². The molecule has 0 fully saturated rings. The first-order chi connectivity index (χ1) is 56.8. The third-order valence-electron chi connectivity index (χ3n) is 16.5. The molecule has 0 aliphatic carbocycles. The van der Waals surface area contributed by atoms with Crippen molar-refractivity contribution in [2.45, 2.75) is 39.9 Å². The van der Waals surface area contributed by atoms with Crippen LogP contribution in [-0.2, 0) is 37.0 Å². The van der Waals surface area contributed by atoms with Gasteiger partial charge in [0.25, 0.3) is 5.91 Å². The molecule has 0 radical (unpaired) electrons. The molecule has 2 atom stereocenters. The van der Waals surface area contributed by atoms with Crippen LogP contribution in [0.5, 0.6) is 28.7 Å². The highest BCUT2D eigenvalue weighted by molar-refractivity contribution is 6.20. The lowest BCUT2D eigenvalue weighted by Gasteiger charge is -2.21. The Labute approximate surface area is 684 Å². The Bertz CT molecular complexity index is 5250. The second-order valence-corrected chi connectivity index (χ2v) is 24.2. The number of fused-ring (bicyclic) bond motifs is 2. The Morgan fingerprint density at radius 2 is 1.03 bits per heavy atom. The number of carboxylic acids is 1. The summed E-state index contributed by atoms with van der Waals surface area (Å²) in [4.78, 5) is 78.6. The van der Waals surface area contributed by atoms with Gasteiger partial charge in [0, 0.05) is 66.1 Å². The number of carboxylic acid groups (broad SMARTS) is 1. The van der Waals surface area contributed by atoms with E-state index in [1.54, 1.807) is 178 Å². The molecule has 1 aromatic heterocycles. The van der Waals surface area contributed by atoms with Crippen LogP contribution in [0.2, 0.25) is 0 Å². The normalized spacial score (nSPS) is 11.3. The number of hydrogen-bond donors (Lipinski definition) is 7. The molecule has 13 rings (SSSR count). The molecular formula is C90H93N13O15. The van der Waals surface area contributed by atoms with Crippen molar-refractivity contribution < 1.29 is 71.8 Å². The number of aliphatic imine (C=N–C) groups is 1. The molecular weight excluding hydrogens is 1500 g/mol. The summed E-state index contributed by atoms with van der Waals surface area (Å²) in [7, 11) is 13.3. The largest absolute Gasteiger partial charge is 0.497 e. The van der Waals surface area contributed by atoms with Gasteiger partial charge in [0.15, 0.2) is 5.78 Å². The summed E-state index contributed by atoms with van der Waals surface area (Å²) in [6, 6.07) is 87.7. The molecule has 0 bridgehead atoms. The second kappa shape index (κ2) is 48.9. The Morgan fingerprint density at radius 1 is 0.542 bits per heavy atom. The Morgan fingerprint density at radius 3 is 1.56 bits per heavy atom. The van der Waals surface area contributed by atoms with E-state index in [-0.39, 0.29) is 32.3 Å². The molecule has 8 N–H and O–H groups in total. The molecule has 0 saturated carbocycles. The van der Waals surface area contributed by atoms with Gasteiger partial charge in [-0.1, -0.05) is 164 Å². The fourth-order valence-corrected chi connectivity index (χ4v) is 10.4. The van der Waals surface area contributed by atoms with E-state index >= 15 is 0 Å². The number of nitrogens with two attached hydrogens (primary N) is 1. The molecule has 2 heterocycles. The molecule has 2 unspecified atom stereocenters. The number of hydrogen-bond acceptors (Lipinski definition) is 22. The number of aliphatic carboxylic acids is 1. The quantitative estimate of drug-likeness (QED) is 0.0212. The first-order valence-corrected chi connectivity index (χ1v) is 36.0. The Hall–Kier alpha value is -15.7. The van der Waals surface area contributed by atoms with Crippen LogP contribution >= 0.6 is 0 Å². The number of alkyl carbamates (subject to hydrolysis) is 2. The first-order valence-electron chi connectivity index (χ1n) is 36.0. The van der Waals surface area contributed by atoms with Crippen molar-refractivity contribution in [1.82, 2.24) is 25.6 Å². The van der Waals surface area contributed by atoms with Crippen molar-refractivity contribution in [3.63, 3.8) is 0 Å². The SMILES string of the molecule is C.CCOC(=O)Nc1ccc(OC)cc1.CNc1ccc(OC)cc1.CNc1ccc(OC)cc1C(=O)c1ccccc1.COc1ccc(N)c(C#N)c1.COc1ccc2c(c1)C(c1ccccc1)=NC(NC(=O)OCc1ccccc1)C(=O)N2C.N#Cc1ccccc1.O=C(NC(C(=O)O)n1nnc2ccccc21)OCc1ccccc1. The number of rotatable bonds is 20. The molecule has 28 heteroatoms. The second-order valence-electron chi connectivity index (χ2n) is 24.2. The van der Waals surface area contributed by atoms with Crippen molar-refractivity contribution in [3.05, 3.63) is 324 Å². The number of ketones is 1. The van der Waals surface area contributed by atoms with Gasteiger partial charge in [0.1, 0.15) is 53.5 Å². The van der Waals surface area contributed by atoms with E-state index in [4.69, 9.17) is 54.2 Å². The predicted molar refractivity (Wildman–Crippen MR) is 455 cm³/mol. The number of benzodiazepines with no additional fused rings is 1. The predicted octanol–water partition coefficient (Wildman–Crippen LogP) is 16.0. The van der Waals surface area contributed by atoms with Crippen molar-refractivity contribution in [3.8, 4) is 40.9 Å². The van der Waals surface area contributed by atoms with E-state index in [0.717, 1.165) is 49.8 Å². The number of aromatic nitrogens is 3. The zero-order valence-corrected chi connectivity index (χ0v) is 65.7.